The molecule has 4 heteroatoms. The van der Waals surface area contributed by atoms with Gasteiger partial charge < -0.3 is 15.2 Å². The number of nitrogens with zero attached hydrogens (tertiary/aromatic N) is 1. The molecule has 16 heavy (non-hydrogen) atoms. The van der Waals surface area contributed by atoms with Crippen LogP contribution in [-0.2, 0) is 11.2 Å². The first-order valence-corrected chi connectivity index (χ1v) is 5.73. The van der Waals surface area contributed by atoms with Crippen LogP contribution in [0.1, 0.15) is 19.5 Å². The first-order chi connectivity index (χ1) is 7.59. The van der Waals surface area contributed by atoms with Crippen molar-refractivity contribution in [3.63, 3.8) is 0 Å². The fraction of sp³-hybridized carbons (Fsp3) is 0.583. The number of amides is 1. The molecule has 0 aromatic carbocycles. The van der Waals surface area contributed by atoms with E-state index in [2.05, 4.69) is 24.1 Å². The minimum atomic E-state index is -0.0814. The van der Waals surface area contributed by atoms with Crippen molar-refractivity contribution in [1.82, 2.24) is 15.2 Å². The number of piperazine rings is 1. The average molecular weight is 221 g/mol. The lowest BCUT2D eigenvalue weighted by molar-refractivity contribution is -0.136. The quantitative estimate of drug-likeness (QED) is 0.775. The summed E-state index contributed by atoms with van der Waals surface area (Å²) in [5, 5.41) is 3.32. The molecule has 1 fully saturated rings. The molecule has 0 unspecified atom stereocenters. The smallest absolute Gasteiger partial charge is 0.229 e. The summed E-state index contributed by atoms with van der Waals surface area (Å²) in [6.45, 7) is 6.76. The number of nitrogens with one attached hydrogen (secondary N) is 2. The van der Waals surface area contributed by atoms with Crippen LogP contribution in [0.2, 0.25) is 0 Å². The predicted octanol–water partition coefficient (Wildman–Crippen LogP) is 0.768. The molecule has 2 rings (SSSR count). The SMILES string of the molecule is CC1(C)CNCCN1C(=O)Cc1ccc[nH]1. The third-order valence-electron chi connectivity index (χ3n) is 3.11. The molecule has 1 saturated heterocycles. The molecule has 1 amide bonds. The van der Waals surface area contributed by atoms with Gasteiger partial charge in [0.25, 0.3) is 0 Å². The molecule has 2 N–H and O–H groups in total. The third kappa shape index (κ3) is 2.27. The molecule has 88 valence electrons. The number of hydrogen-bond acceptors (Lipinski definition) is 2. The Morgan fingerprint density at radius 1 is 1.56 bits per heavy atom. The Balaban J connectivity index is 2.03. The summed E-state index contributed by atoms with van der Waals surface area (Å²) in [4.78, 5) is 17.2. The van der Waals surface area contributed by atoms with Crippen LogP contribution in [0.5, 0.6) is 0 Å². The molecule has 0 bridgehead atoms. The Morgan fingerprint density at radius 2 is 2.38 bits per heavy atom. The van der Waals surface area contributed by atoms with Crippen molar-refractivity contribution in [2.24, 2.45) is 0 Å². The fourth-order valence-electron chi connectivity index (χ4n) is 2.18. The van der Waals surface area contributed by atoms with Crippen molar-refractivity contribution in [3.8, 4) is 0 Å². The number of rotatable bonds is 2. The van der Waals surface area contributed by atoms with Crippen LogP contribution < -0.4 is 5.32 Å². The van der Waals surface area contributed by atoms with Gasteiger partial charge in [-0.2, -0.15) is 0 Å². The Bertz CT molecular complexity index is 356. The number of carbonyl (C=O) groups excluding carboxylic acids is 1. The second-order valence-corrected chi connectivity index (χ2v) is 4.91. The van der Waals surface area contributed by atoms with Crippen molar-refractivity contribution < 1.29 is 4.79 Å². The second kappa shape index (κ2) is 4.29. The average Bonchev–Trinajstić information content (AvgIpc) is 2.69. The largest absolute Gasteiger partial charge is 0.365 e. The lowest BCUT2D eigenvalue weighted by atomic mass is 9.99. The highest BCUT2D eigenvalue weighted by molar-refractivity contribution is 5.79. The maximum absolute atomic E-state index is 12.2. The predicted molar refractivity (Wildman–Crippen MR) is 63.2 cm³/mol. The zero-order chi connectivity index (χ0) is 11.6. The lowest BCUT2D eigenvalue weighted by Crippen LogP contribution is -2.60. The van der Waals surface area contributed by atoms with Crippen molar-refractivity contribution in [2.45, 2.75) is 25.8 Å². The van der Waals surface area contributed by atoms with Crippen LogP contribution in [0, 0.1) is 0 Å². The number of H-pyrrole nitrogens is 1. The van der Waals surface area contributed by atoms with Gasteiger partial charge >= 0.3 is 0 Å². The summed E-state index contributed by atoms with van der Waals surface area (Å²) in [5.74, 6) is 0.203. The molecule has 1 aliphatic heterocycles. The van der Waals surface area contributed by atoms with E-state index in [1.54, 1.807) is 0 Å². The van der Waals surface area contributed by atoms with Gasteiger partial charge in [-0.1, -0.05) is 0 Å². The third-order valence-corrected chi connectivity index (χ3v) is 3.11. The van der Waals surface area contributed by atoms with E-state index in [9.17, 15) is 4.79 Å². The molecule has 4 nitrogen and oxygen atoms in total. The summed E-state index contributed by atoms with van der Waals surface area (Å²) in [6.07, 6.45) is 2.32. The van der Waals surface area contributed by atoms with Crippen LogP contribution in [0.15, 0.2) is 18.3 Å². The molecule has 2 heterocycles. The zero-order valence-corrected chi connectivity index (χ0v) is 9.92. The Hall–Kier alpha value is -1.29. The van der Waals surface area contributed by atoms with E-state index in [1.807, 2.05) is 23.2 Å². The first kappa shape index (κ1) is 11.2. The summed E-state index contributed by atoms with van der Waals surface area (Å²) in [7, 11) is 0. The van der Waals surface area contributed by atoms with Crippen molar-refractivity contribution in [1.29, 1.82) is 0 Å². The number of carbonyl (C=O) groups is 1. The topological polar surface area (TPSA) is 48.1 Å². The van der Waals surface area contributed by atoms with Gasteiger partial charge in [0.1, 0.15) is 0 Å². The monoisotopic (exact) mass is 221 g/mol. The zero-order valence-electron chi connectivity index (χ0n) is 9.92. The van der Waals surface area contributed by atoms with E-state index in [0.29, 0.717) is 6.42 Å². The summed E-state index contributed by atoms with van der Waals surface area (Å²) in [6, 6.07) is 3.87. The van der Waals surface area contributed by atoms with E-state index in [0.717, 1.165) is 25.3 Å². The Labute approximate surface area is 96.0 Å². The fourth-order valence-corrected chi connectivity index (χ4v) is 2.18. The van der Waals surface area contributed by atoms with E-state index in [-0.39, 0.29) is 11.4 Å². The summed E-state index contributed by atoms with van der Waals surface area (Å²) >= 11 is 0. The molecular formula is C12H19N3O. The second-order valence-electron chi connectivity index (χ2n) is 4.91. The van der Waals surface area contributed by atoms with Gasteiger partial charge in [0, 0.05) is 37.1 Å². The normalized spacial score (nSPS) is 19.8. The molecule has 1 aliphatic rings. The van der Waals surface area contributed by atoms with Crippen LogP contribution >= 0.6 is 0 Å². The maximum Gasteiger partial charge on any atom is 0.229 e. The van der Waals surface area contributed by atoms with Crippen LogP contribution in [0.4, 0.5) is 0 Å². The molecular weight excluding hydrogens is 202 g/mol. The summed E-state index contributed by atoms with van der Waals surface area (Å²) in [5.41, 5.74) is 0.904. The highest BCUT2D eigenvalue weighted by Crippen LogP contribution is 2.17. The Kier molecular flexibility index (Phi) is 3.01. The van der Waals surface area contributed by atoms with E-state index >= 15 is 0 Å². The molecule has 0 saturated carbocycles. The highest BCUT2D eigenvalue weighted by Gasteiger charge is 2.32. The Morgan fingerprint density at radius 3 is 3.00 bits per heavy atom. The lowest BCUT2D eigenvalue weighted by Gasteiger charge is -2.42. The van der Waals surface area contributed by atoms with Gasteiger partial charge in [-0.05, 0) is 26.0 Å². The van der Waals surface area contributed by atoms with Crippen molar-refractivity contribution in [3.05, 3.63) is 24.0 Å². The molecule has 1 aromatic heterocycles. The van der Waals surface area contributed by atoms with E-state index < -0.39 is 0 Å². The van der Waals surface area contributed by atoms with Gasteiger partial charge in [0.15, 0.2) is 0 Å². The molecule has 0 radical (unpaired) electrons. The maximum atomic E-state index is 12.2. The minimum Gasteiger partial charge on any atom is -0.365 e. The van der Waals surface area contributed by atoms with Gasteiger partial charge in [-0.15, -0.1) is 0 Å². The van der Waals surface area contributed by atoms with Crippen LogP contribution in [0.25, 0.3) is 0 Å². The molecule has 1 aromatic rings. The van der Waals surface area contributed by atoms with Gasteiger partial charge in [-0.3, -0.25) is 4.79 Å². The van der Waals surface area contributed by atoms with Crippen LogP contribution in [0.3, 0.4) is 0 Å². The standard InChI is InChI=1S/C12H19N3O/c1-12(2)9-13-6-7-15(12)11(16)8-10-4-3-5-14-10/h3-5,13-14H,6-9H2,1-2H3. The van der Waals surface area contributed by atoms with E-state index in [4.69, 9.17) is 0 Å². The minimum absolute atomic E-state index is 0.0814. The molecule has 0 aliphatic carbocycles. The van der Waals surface area contributed by atoms with Gasteiger partial charge in [0.05, 0.1) is 6.42 Å². The highest BCUT2D eigenvalue weighted by atomic mass is 16.2. The van der Waals surface area contributed by atoms with Gasteiger partial charge in [-0.25, -0.2) is 0 Å². The van der Waals surface area contributed by atoms with Crippen molar-refractivity contribution in [2.75, 3.05) is 19.6 Å². The van der Waals surface area contributed by atoms with Crippen LogP contribution in [-0.4, -0.2) is 41.0 Å². The van der Waals surface area contributed by atoms with Gasteiger partial charge in [0.2, 0.25) is 5.91 Å². The van der Waals surface area contributed by atoms with Crippen molar-refractivity contribution >= 4 is 5.91 Å². The molecule has 0 spiro atoms. The molecule has 0 atom stereocenters. The first-order valence-electron chi connectivity index (χ1n) is 5.73. The van der Waals surface area contributed by atoms with E-state index in [1.165, 1.54) is 0 Å². The summed E-state index contributed by atoms with van der Waals surface area (Å²) < 4.78 is 0. The number of aromatic amines is 1. The number of aromatic nitrogens is 1. The number of hydrogen-bond donors (Lipinski definition) is 2.